The summed E-state index contributed by atoms with van der Waals surface area (Å²) in [6.45, 7) is 1.92. The Morgan fingerprint density at radius 2 is 2.50 bits per heavy atom. The van der Waals surface area contributed by atoms with Crippen LogP contribution in [0.4, 0.5) is 4.39 Å². The first-order valence-electron chi connectivity index (χ1n) is 4.39. The molecule has 2 rings (SSSR count). The molecule has 1 fully saturated rings. The van der Waals surface area contributed by atoms with E-state index in [0.29, 0.717) is 18.8 Å². The Morgan fingerprint density at radius 1 is 1.64 bits per heavy atom. The number of nitrogens with zero attached hydrogens (tertiary/aromatic N) is 1. The molecule has 0 saturated carbocycles. The van der Waals surface area contributed by atoms with E-state index >= 15 is 0 Å². The number of aromatic nitrogens is 1. The van der Waals surface area contributed by atoms with Gasteiger partial charge in [0.25, 0.3) is 0 Å². The van der Waals surface area contributed by atoms with Gasteiger partial charge in [0.15, 0.2) is 0 Å². The molecule has 0 spiro atoms. The Labute approximate surface area is 89.8 Å². The molecule has 1 aliphatic heterocycles. The van der Waals surface area contributed by atoms with Crippen LogP contribution >= 0.6 is 15.9 Å². The Bertz CT molecular complexity index is 329. The molecule has 0 aromatic carbocycles. The van der Waals surface area contributed by atoms with E-state index in [0.717, 1.165) is 11.0 Å². The van der Waals surface area contributed by atoms with Crippen molar-refractivity contribution in [2.75, 3.05) is 19.8 Å². The van der Waals surface area contributed by atoms with E-state index in [-0.39, 0.29) is 6.04 Å². The van der Waals surface area contributed by atoms with E-state index in [2.05, 4.69) is 26.2 Å². The Morgan fingerprint density at radius 3 is 3.21 bits per heavy atom. The third-order valence-corrected chi connectivity index (χ3v) is 2.56. The number of nitrogens with one attached hydrogen (secondary N) is 1. The van der Waals surface area contributed by atoms with Gasteiger partial charge < -0.3 is 10.1 Å². The fourth-order valence-corrected chi connectivity index (χ4v) is 1.80. The average Bonchev–Trinajstić information content (AvgIpc) is 2.23. The SMILES string of the molecule is Fc1ncc(Br)cc1C1COCCN1. The second-order valence-electron chi connectivity index (χ2n) is 3.12. The van der Waals surface area contributed by atoms with Gasteiger partial charge in [0, 0.05) is 22.8 Å². The molecule has 1 aromatic heterocycles. The van der Waals surface area contributed by atoms with E-state index in [1.807, 2.05) is 0 Å². The predicted octanol–water partition coefficient (Wildman–Crippen LogP) is 1.64. The van der Waals surface area contributed by atoms with E-state index in [1.54, 1.807) is 6.07 Å². The Kier molecular flexibility index (Phi) is 3.10. The van der Waals surface area contributed by atoms with Crippen molar-refractivity contribution in [2.24, 2.45) is 0 Å². The zero-order valence-corrected chi connectivity index (χ0v) is 9.05. The number of halogens is 2. The summed E-state index contributed by atoms with van der Waals surface area (Å²) < 4.78 is 19.4. The minimum absolute atomic E-state index is 0.0891. The smallest absolute Gasteiger partial charge is 0.217 e. The fraction of sp³-hybridized carbons (Fsp3) is 0.444. The maximum absolute atomic E-state index is 13.3. The molecule has 14 heavy (non-hydrogen) atoms. The summed E-state index contributed by atoms with van der Waals surface area (Å²) in [6.07, 6.45) is 1.45. The average molecular weight is 261 g/mol. The van der Waals surface area contributed by atoms with Crippen molar-refractivity contribution in [3.63, 3.8) is 0 Å². The number of rotatable bonds is 1. The summed E-state index contributed by atoms with van der Waals surface area (Å²) >= 11 is 3.27. The number of hydrogen-bond acceptors (Lipinski definition) is 3. The van der Waals surface area contributed by atoms with Crippen molar-refractivity contribution in [3.8, 4) is 0 Å². The minimum Gasteiger partial charge on any atom is -0.378 e. The van der Waals surface area contributed by atoms with Crippen LogP contribution in [-0.4, -0.2) is 24.7 Å². The second-order valence-corrected chi connectivity index (χ2v) is 4.03. The van der Waals surface area contributed by atoms with Crippen molar-refractivity contribution in [1.29, 1.82) is 0 Å². The third kappa shape index (κ3) is 2.10. The topological polar surface area (TPSA) is 34.1 Å². The molecular weight excluding hydrogens is 251 g/mol. The zero-order valence-electron chi connectivity index (χ0n) is 7.46. The highest BCUT2D eigenvalue weighted by Crippen LogP contribution is 2.21. The molecule has 1 N–H and O–H groups in total. The zero-order chi connectivity index (χ0) is 9.97. The molecule has 5 heteroatoms. The molecule has 1 unspecified atom stereocenters. The number of hydrogen-bond donors (Lipinski definition) is 1. The molecule has 76 valence electrons. The van der Waals surface area contributed by atoms with Gasteiger partial charge in [-0.25, -0.2) is 4.98 Å². The summed E-state index contributed by atoms with van der Waals surface area (Å²) in [5.41, 5.74) is 0.555. The summed E-state index contributed by atoms with van der Waals surface area (Å²) in [7, 11) is 0. The van der Waals surface area contributed by atoms with Gasteiger partial charge in [-0.05, 0) is 22.0 Å². The van der Waals surface area contributed by atoms with Gasteiger partial charge in [0.1, 0.15) is 0 Å². The standard InChI is InChI=1S/C9H10BrFN2O/c10-6-3-7(9(11)13-4-6)8-5-14-2-1-12-8/h3-4,8,12H,1-2,5H2. The second kappa shape index (κ2) is 4.33. The van der Waals surface area contributed by atoms with Crippen LogP contribution in [0.2, 0.25) is 0 Å². The lowest BCUT2D eigenvalue weighted by Crippen LogP contribution is -2.35. The predicted molar refractivity (Wildman–Crippen MR) is 53.5 cm³/mol. The van der Waals surface area contributed by atoms with Crippen molar-refractivity contribution in [3.05, 3.63) is 28.2 Å². The molecule has 2 heterocycles. The molecule has 0 radical (unpaired) electrons. The quantitative estimate of drug-likeness (QED) is 0.780. The minimum atomic E-state index is -0.434. The van der Waals surface area contributed by atoms with Gasteiger partial charge in [-0.3, -0.25) is 0 Å². The van der Waals surface area contributed by atoms with Crippen molar-refractivity contribution < 1.29 is 9.13 Å². The van der Waals surface area contributed by atoms with Crippen LogP contribution in [0.25, 0.3) is 0 Å². The maximum atomic E-state index is 13.3. The number of pyridine rings is 1. The van der Waals surface area contributed by atoms with Crippen molar-refractivity contribution >= 4 is 15.9 Å². The first kappa shape index (κ1) is 10.0. The monoisotopic (exact) mass is 260 g/mol. The lowest BCUT2D eigenvalue weighted by Gasteiger charge is -2.24. The van der Waals surface area contributed by atoms with Gasteiger partial charge in [-0.2, -0.15) is 4.39 Å². The molecule has 3 nitrogen and oxygen atoms in total. The van der Waals surface area contributed by atoms with Crippen LogP contribution in [0.5, 0.6) is 0 Å². The van der Waals surface area contributed by atoms with Gasteiger partial charge in [0.05, 0.1) is 19.3 Å². The number of ether oxygens (including phenoxy) is 1. The molecule has 1 aliphatic rings. The lowest BCUT2D eigenvalue weighted by molar-refractivity contribution is 0.0755. The van der Waals surface area contributed by atoms with Crippen LogP contribution in [0, 0.1) is 5.95 Å². The summed E-state index contributed by atoms with van der Waals surface area (Å²) in [5.74, 6) is -0.434. The van der Waals surface area contributed by atoms with Gasteiger partial charge in [-0.15, -0.1) is 0 Å². The van der Waals surface area contributed by atoms with Crippen LogP contribution in [-0.2, 0) is 4.74 Å². The lowest BCUT2D eigenvalue weighted by atomic mass is 10.1. The summed E-state index contributed by atoms with van der Waals surface area (Å²) in [6, 6.07) is 1.64. The van der Waals surface area contributed by atoms with Gasteiger partial charge in [-0.1, -0.05) is 0 Å². The Balaban J connectivity index is 2.24. The van der Waals surface area contributed by atoms with Gasteiger partial charge in [0.2, 0.25) is 5.95 Å². The number of morpholine rings is 1. The van der Waals surface area contributed by atoms with E-state index in [1.165, 1.54) is 6.20 Å². The molecule has 1 atom stereocenters. The van der Waals surface area contributed by atoms with E-state index in [9.17, 15) is 4.39 Å². The summed E-state index contributed by atoms with van der Waals surface area (Å²) in [5, 5.41) is 3.18. The van der Waals surface area contributed by atoms with Crippen molar-refractivity contribution in [1.82, 2.24) is 10.3 Å². The first-order chi connectivity index (χ1) is 6.77. The van der Waals surface area contributed by atoms with Crippen LogP contribution < -0.4 is 5.32 Å². The molecular formula is C9H10BrFN2O. The van der Waals surface area contributed by atoms with Crippen LogP contribution in [0.15, 0.2) is 16.7 Å². The first-order valence-corrected chi connectivity index (χ1v) is 5.19. The molecule has 0 aliphatic carbocycles. The third-order valence-electron chi connectivity index (χ3n) is 2.13. The normalized spacial score (nSPS) is 22.3. The van der Waals surface area contributed by atoms with Crippen molar-refractivity contribution in [2.45, 2.75) is 6.04 Å². The highest BCUT2D eigenvalue weighted by Gasteiger charge is 2.19. The van der Waals surface area contributed by atoms with Gasteiger partial charge >= 0.3 is 0 Å². The molecule has 1 aromatic rings. The highest BCUT2D eigenvalue weighted by atomic mass is 79.9. The molecule has 0 amide bonds. The molecule has 0 bridgehead atoms. The fourth-order valence-electron chi connectivity index (χ4n) is 1.45. The summed E-state index contributed by atoms with van der Waals surface area (Å²) in [4.78, 5) is 3.64. The van der Waals surface area contributed by atoms with Crippen LogP contribution in [0.3, 0.4) is 0 Å². The molecule has 1 saturated heterocycles. The van der Waals surface area contributed by atoms with E-state index < -0.39 is 5.95 Å². The Hall–Kier alpha value is -0.520. The van der Waals surface area contributed by atoms with Crippen LogP contribution in [0.1, 0.15) is 11.6 Å². The largest absolute Gasteiger partial charge is 0.378 e. The van der Waals surface area contributed by atoms with E-state index in [4.69, 9.17) is 4.74 Å². The maximum Gasteiger partial charge on any atom is 0.217 e. The highest BCUT2D eigenvalue weighted by molar-refractivity contribution is 9.10.